The summed E-state index contributed by atoms with van der Waals surface area (Å²) < 4.78 is 3.82. The molecule has 0 saturated carbocycles. The van der Waals surface area contributed by atoms with E-state index < -0.39 is 0 Å². The van der Waals surface area contributed by atoms with Gasteiger partial charge < -0.3 is 9.47 Å². The van der Waals surface area contributed by atoms with Crippen molar-refractivity contribution in [2.24, 2.45) is 0 Å². The average molecular weight is 348 g/mol. The standard InChI is InChI=1S/C21H24N4O/c1-16-8-10-18(11-9-16)25-20(23-12-5-6-13-23)19(15-22-25)21(26)24-14-4-3-7-17(24)2/h5-6,8-13,15,17H,3-4,7,14H2,1-2H3/t17-/m1/s1. The Balaban J connectivity index is 1.80. The summed E-state index contributed by atoms with van der Waals surface area (Å²) >= 11 is 0. The van der Waals surface area contributed by atoms with Crippen LogP contribution in [0.2, 0.25) is 0 Å². The normalized spacial score (nSPS) is 17.5. The molecule has 1 saturated heterocycles. The molecule has 1 aromatic carbocycles. The first-order chi connectivity index (χ1) is 12.6. The van der Waals surface area contributed by atoms with Crippen LogP contribution in [0.5, 0.6) is 0 Å². The van der Waals surface area contributed by atoms with Crippen LogP contribution in [0.25, 0.3) is 11.5 Å². The molecule has 1 aliphatic heterocycles. The number of benzene rings is 1. The summed E-state index contributed by atoms with van der Waals surface area (Å²) in [7, 11) is 0. The van der Waals surface area contributed by atoms with Crippen LogP contribution in [0.1, 0.15) is 42.1 Å². The Morgan fingerprint density at radius 1 is 1.12 bits per heavy atom. The first kappa shape index (κ1) is 16.6. The van der Waals surface area contributed by atoms with Gasteiger partial charge in [0.25, 0.3) is 5.91 Å². The summed E-state index contributed by atoms with van der Waals surface area (Å²) in [5, 5.41) is 4.56. The molecule has 3 heterocycles. The topological polar surface area (TPSA) is 43.1 Å². The van der Waals surface area contributed by atoms with Gasteiger partial charge in [-0.2, -0.15) is 5.10 Å². The van der Waals surface area contributed by atoms with Crippen molar-refractivity contribution in [3.05, 3.63) is 66.1 Å². The van der Waals surface area contributed by atoms with Crippen molar-refractivity contribution in [1.29, 1.82) is 0 Å². The van der Waals surface area contributed by atoms with Crippen LogP contribution in [0.4, 0.5) is 0 Å². The summed E-state index contributed by atoms with van der Waals surface area (Å²) in [5.74, 6) is 0.862. The molecule has 26 heavy (non-hydrogen) atoms. The van der Waals surface area contributed by atoms with Gasteiger partial charge in [0.05, 0.1) is 11.9 Å². The van der Waals surface area contributed by atoms with E-state index in [4.69, 9.17) is 0 Å². The Morgan fingerprint density at radius 2 is 1.85 bits per heavy atom. The van der Waals surface area contributed by atoms with Crippen molar-refractivity contribution < 1.29 is 4.79 Å². The highest BCUT2D eigenvalue weighted by atomic mass is 16.2. The lowest BCUT2D eigenvalue weighted by atomic mass is 10.0. The van der Waals surface area contributed by atoms with E-state index in [1.54, 1.807) is 6.20 Å². The fraction of sp³-hybridized carbons (Fsp3) is 0.333. The summed E-state index contributed by atoms with van der Waals surface area (Å²) in [6.45, 7) is 5.02. The monoisotopic (exact) mass is 348 g/mol. The molecule has 0 aliphatic carbocycles. The first-order valence-electron chi connectivity index (χ1n) is 9.24. The van der Waals surface area contributed by atoms with Gasteiger partial charge in [-0.1, -0.05) is 17.7 Å². The highest BCUT2D eigenvalue weighted by molar-refractivity contribution is 5.97. The minimum Gasteiger partial charge on any atom is -0.336 e. The molecule has 1 atom stereocenters. The number of amides is 1. The largest absolute Gasteiger partial charge is 0.336 e. The fourth-order valence-electron chi connectivity index (χ4n) is 3.65. The molecule has 3 aromatic rings. The third-order valence-electron chi connectivity index (χ3n) is 5.17. The molecule has 0 radical (unpaired) electrons. The lowest BCUT2D eigenvalue weighted by molar-refractivity contribution is 0.0635. The van der Waals surface area contributed by atoms with Crippen LogP contribution >= 0.6 is 0 Å². The Hall–Kier alpha value is -2.82. The molecule has 2 aromatic heterocycles. The molecule has 1 amide bonds. The SMILES string of the molecule is Cc1ccc(-n2ncc(C(=O)N3CCCC[C@H]3C)c2-n2cccc2)cc1. The van der Waals surface area contributed by atoms with E-state index in [9.17, 15) is 4.79 Å². The highest BCUT2D eigenvalue weighted by Gasteiger charge is 2.28. The Kier molecular flexibility index (Phi) is 4.37. The van der Waals surface area contributed by atoms with Crippen LogP contribution in [0.15, 0.2) is 55.0 Å². The Bertz CT molecular complexity index is 893. The van der Waals surface area contributed by atoms with E-state index in [2.05, 4.69) is 31.1 Å². The molecule has 1 fully saturated rings. The van der Waals surface area contributed by atoms with Crippen LogP contribution in [-0.4, -0.2) is 37.7 Å². The van der Waals surface area contributed by atoms with Gasteiger partial charge in [0.2, 0.25) is 0 Å². The molecule has 4 rings (SSSR count). The fourth-order valence-corrected chi connectivity index (χ4v) is 3.65. The molecule has 0 N–H and O–H groups in total. The number of carbonyl (C=O) groups excluding carboxylic acids is 1. The van der Waals surface area contributed by atoms with Gasteiger partial charge in [-0.25, -0.2) is 4.68 Å². The van der Waals surface area contributed by atoms with E-state index in [0.717, 1.165) is 30.9 Å². The van der Waals surface area contributed by atoms with Crippen molar-refractivity contribution in [2.75, 3.05) is 6.54 Å². The summed E-state index contributed by atoms with van der Waals surface area (Å²) in [6.07, 6.45) is 8.95. The van der Waals surface area contributed by atoms with E-state index in [1.165, 1.54) is 12.0 Å². The minimum absolute atomic E-state index is 0.0688. The molecule has 134 valence electrons. The number of likely N-dealkylation sites (tertiary alicyclic amines) is 1. The summed E-state index contributed by atoms with van der Waals surface area (Å²) in [6, 6.07) is 12.4. The van der Waals surface area contributed by atoms with E-state index in [1.807, 2.05) is 50.8 Å². The number of carbonyl (C=O) groups is 1. The van der Waals surface area contributed by atoms with Gasteiger partial charge in [-0.3, -0.25) is 4.79 Å². The van der Waals surface area contributed by atoms with Crippen LogP contribution < -0.4 is 0 Å². The quantitative estimate of drug-likeness (QED) is 0.718. The lowest BCUT2D eigenvalue weighted by Gasteiger charge is -2.33. The molecule has 5 nitrogen and oxygen atoms in total. The Labute approximate surface area is 153 Å². The molecular weight excluding hydrogens is 324 g/mol. The van der Waals surface area contributed by atoms with Crippen LogP contribution in [0, 0.1) is 6.92 Å². The molecule has 0 bridgehead atoms. The molecule has 0 unspecified atom stereocenters. The van der Waals surface area contributed by atoms with Crippen molar-refractivity contribution in [1.82, 2.24) is 19.2 Å². The molecule has 0 spiro atoms. The van der Waals surface area contributed by atoms with Crippen molar-refractivity contribution in [3.8, 4) is 11.5 Å². The lowest BCUT2D eigenvalue weighted by Crippen LogP contribution is -2.42. The second-order valence-corrected chi connectivity index (χ2v) is 7.06. The van der Waals surface area contributed by atoms with E-state index >= 15 is 0 Å². The predicted octanol–water partition coefficient (Wildman–Crippen LogP) is 3.99. The predicted molar refractivity (Wildman–Crippen MR) is 102 cm³/mol. The zero-order valence-corrected chi connectivity index (χ0v) is 15.3. The number of piperidine rings is 1. The highest BCUT2D eigenvalue weighted by Crippen LogP contribution is 2.25. The van der Waals surface area contributed by atoms with Gasteiger partial charge in [0.15, 0.2) is 5.82 Å². The summed E-state index contributed by atoms with van der Waals surface area (Å²) in [4.78, 5) is 15.3. The van der Waals surface area contributed by atoms with Gasteiger partial charge in [-0.15, -0.1) is 0 Å². The smallest absolute Gasteiger partial charge is 0.259 e. The van der Waals surface area contributed by atoms with Crippen molar-refractivity contribution in [2.45, 2.75) is 39.2 Å². The zero-order valence-electron chi connectivity index (χ0n) is 15.3. The third-order valence-corrected chi connectivity index (χ3v) is 5.17. The maximum Gasteiger partial charge on any atom is 0.259 e. The Morgan fingerprint density at radius 3 is 2.54 bits per heavy atom. The number of hydrogen-bond donors (Lipinski definition) is 0. The number of hydrogen-bond acceptors (Lipinski definition) is 2. The van der Waals surface area contributed by atoms with Gasteiger partial charge in [-0.05, 0) is 57.4 Å². The van der Waals surface area contributed by atoms with Gasteiger partial charge in [0.1, 0.15) is 5.56 Å². The van der Waals surface area contributed by atoms with Gasteiger partial charge >= 0.3 is 0 Å². The number of rotatable bonds is 3. The zero-order chi connectivity index (χ0) is 18.1. The van der Waals surface area contributed by atoms with Crippen molar-refractivity contribution >= 4 is 5.91 Å². The van der Waals surface area contributed by atoms with Crippen LogP contribution in [-0.2, 0) is 0 Å². The maximum atomic E-state index is 13.3. The second-order valence-electron chi connectivity index (χ2n) is 7.06. The molecular formula is C21H24N4O. The minimum atomic E-state index is 0.0688. The summed E-state index contributed by atoms with van der Waals surface area (Å²) in [5.41, 5.74) is 2.79. The number of aromatic nitrogens is 3. The maximum absolute atomic E-state index is 13.3. The number of nitrogens with zero attached hydrogens (tertiary/aromatic N) is 4. The number of aryl methyl sites for hydroxylation is 1. The molecule has 1 aliphatic rings. The second kappa shape index (κ2) is 6.83. The van der Waals surface area contributed by atoms with Crippen molar-refractivity contribution in [3.63, 3.8) is 0 Å². The van der Waals surface area contributed by atoms with E-state index in [0.29, 0.717) is 5.56 Å². The average Bonchev–Trinajstić information content (AvgIpc) is 3.31. The van der Waals surface area contributed by atoms with Gasteiger partial charge in [0, 0.05) is 25.0 Å². The third kappa shape index (κ3) is 2.94. The van der Waals surface area contributed by atoms with Crippen LogP contribution in [0.3, 0.4) is 0 Å². The molecule has 5 heteroatoms. The van der Waals surface area contributed by atoms with E-state index in [-0.39, 0.29) is 11.9 Å². The first-order valence-corrected chi connectivity index (χ1v) is 9.24.